The van der Waals surface area contributed by atoms with E-state index in [1.165, 1.54) is 0 Å². The first-order valence-electron chi connectivity index (χ1n) is 11.0. The molecular weight excluding hydrogens is 418 g/mol. The smallest absolute Gasteiger partial charge is 0.204 e. The van der Waals surface area contributed by atoms with Gasteiger partial charge in [0.05, 0.1) is 47.8 Å². The van der Waals surface area contributed by atoms with Crippen LogP contribution in [0.1, 0.15) is 36.9 Å². The Morgan fingerprint density at radius 3 is 2.64 bits per heavy atom. The predicted octanol–water partition coefficient (Wildman–Crippen LogP) is 4.64. The van der Waals surface area contributed by atoms with Gasteiger partial charge >= 0.3 is 0 Å². The van der Waals surface area contributed by atoms with Crippen LogP contribution in [-0.4, -0.2) is 43.1 Å². The van der Waals surface area contributed by atoms with Crippen molar-refractivity contribution in [2.75, 3.05) is 19.0 Å². The highest BCUT2D eigenvalue weighted by molar-refractivity contribution is 6.05. The molecular formula is C24H27N7O2. The third-order valence-corrected chi connectivity index (χ3v) is 6.07. The zero-order valence-corrected chi connectivity index (χ0v) is 19.7. The Hall–Kier alpha value is -3.88. The first-order chi connectivity index (χ1) is 15.9. The van der Waals surface area contributed by atoms with Crippen LogP contribution in [0.25, 0.3) is 33.1 Å². The molecule has 5 rings (SSSR count). The van der Waals surface area contributed by atoms with E-state index in [1.807, 2.05) is 56.3 Å². The maximum Gasteiger partial charge on any atom is 0.204 e. The average molecular weight is 446 g/mol. The fourth-order valence-electron chi connectivity index (χ4n) is 4.50. The molecule has 5 aromatic rings. The standard InChI is InChI=1S/C24H27N7O2/c1-7-25-24-28-20-11-26-19-8-18(22-13(2)29-33-15(22)4)21(32-6)9-17(19)23(20)31(24)14(3)16-10-27-30(5)12-16/h8-12,14H,7H2,1-6H3,(H,25,28). The van der Waals surface area contributed by atoms with Crippen molar-refractivity contribution in [3.8, 4) is 16.9 Å². The fourth-order valence-corrected chi connectivity index (χ4v) is 4.50. The van der Waals surface area contributed by atoms with Crippen LogP contribution in [0.4, 0.5) is 5.95 Å². The van der Waals surface area contributed by atoms with Crippen LogP contribution in [0.2, 0.25) is 0 Å². The summed E-state index contributed by atoms with van der Waals surface area (Å²) in [5, 5.41) is 12.9. The molecule has 0 spiro atoms. The van der Waals surface area contributed by atoms with Gasteiger partial charge in [-0.05, 0) is 39.8 Å². The highest BCUT2D eigenvalue weighted by atomic mass is 16.5. The van der Waals surface area contributed by atoms with Gasteiger partial charge in [0.15, 0.2) is 0 Å². The van der Waals surface area contributed by atoms with Crippen LogP contribution in [0.3, 0.4) is 0 Å². The van der Waals surface area contributed by atoms with E-state index in [4.69, 9.17) is 19.2 Å². The molecule has 1 unspecified atom stereocenters. The Labute approximate surface area is 191 Å². The third kappa shape index (κ3) is 3.31. The number of aryl methyl sites for hydroxylation is 3. The van der Waals surface area contributed by atoms with E-state index in [0.717, 1.165) is 68.3 Å². The largest absolute Gasteiger partial charge is 0.496 e. The molecule has 9 nitrogen and oxygen atoms in total. The third-order valence-electron chi connectivity index (χ3n) is 6.07. The number of hydrogen-bond donors (Lipinski definition) is 1. The van der Waals surface area contributed by atoms with E-state index < -0.39 is 0 Å². The molecule has 0 bridgehead atoms. The summed E-state index contributed by atoms with van der Waals surface area (Å²) in [5.41, 5.74) is 6.42. The summed E-state index contributed by atoms with van der Waals surface area (Å²) < 4.78 is 15.3. The molecule has 0 radical (unpaired) electrons. The van der Waals surface area contributed by atoms with E-state index >= 15 is 0 Å². The van der Waals surface area contributed by atoms with Gasteiger partial charge in [0.2, 0.25) is 5.95 Å². The zero-order valence-electron chi connectivity index (χ0n) is 19.7. The SMILES string of the molecule is CCNc1nc2cnc3cc(-c4c(C)noc4C)c(OC)cc3c2n1C(C)c1cnn(C)c1. The van der Waals surface area contributed by atoms with Crippen molar-refractivity contribution in [2.45, 2.75) is 33.7 Å². The Morgan fingerprint density at radius 2 is 2.00 bits per heavy atom. The van der Waals surface area contributed by atoms with E-state index in [9.17, 15) is 0 Å². The highest BCUT2D eigenvalue weighted by Crippen LogP contribution is 2.40. The molecule has 170 valence electrons. The first-order valence-corrected chi connectivity index (χ1v) is 11.0. The maximum absolute atomic E-state index is 5.82. The molecule has 0 saturated heterocycles. The van der Waals surface area contributed by atoms with Crippen LogP contribution in [0, 0.1) is 13.8 Å². The van der Waals surface area contributed by atoms with Gasteiger partial charge < -0.3 is 19.1 Å². The number of nitrogens with zero attached hydrogens (tertiary/aromatic N) is 6. The van der Waals surface area contributed by atoms with Gasteiger partial charge in [0.25, 0.3) is 0 Å². The number of nitrogens with one attached hydrogen (secondary N) is 1. The van der Waals surface area contributed by atoms with E-state index in [-0.39, 0.29) is 6.04 Å². The number of methoxy groups -OCH3 is 1. The number of aromatic nitrogens is 6. The molecule has 1 atom stereocenters. The van der Waals surface area contributed by atoms with E-state index in [0.29, 0.717) is 0 Å². The maximum atomic E-state index is 5.82. The number of fused-ring (bicyclic) bond motifs is 3. The van der Waals surface area contributed by atoms with Crippen LogP contribution in [0.15, 0.2) is 35.2 Å². The Kier molecular flexibility index (Phi) is 5.03. The Balaban J connectivity index is 1.81. The first kappa shape index (κ1) is 21.0. The van der Waals surface area contributed by atoms with Crippen LogP contribution >= 0.6 is 0 Å². The molecule has 0 amide bonds. The summed E-state index contributed by atoms with van der Waals surface area (Å²) in [5.74, 6) is 2.28. The van der Waals surface area contributed by atoms with Gasteiger partial charge in [0.1, 0.15) is 17.0 Å². The van der Waals surface area contributed by atoms with Crippen molar-refractivity contribution in [2.24, 2.45) is 7.05 Å². The van der Waals surface area contributed by atoms with Crippen LogP contribution in [-0.2, 0) is 7.05 Å². The Bertz CT molecular complexity index is 1460. The molecule has 1 aromatic carbocycles. The summed E-state index contributed by atoms with van der Waals surface area (Å²) in [6.07, 6.45) is 5.76. The van der Waals surface area contributed by atoms with Crippen molar-refractivity contribution in [1.29, 1.82) is 0 Å². The number of pyridine rings is 1. The highest BCUT2D eigenvalue weighted by Gasteiger charge is 2.23. The number of hydrogen-bond acceptors (Lipinski definition) is 7. The number of ether oxygens (including phenoxy) is 1. The molecule has 0 aliphatic heterocycles. The quantitative estimate of drug-likeness (QED) is 0.407. The molecule has 9 heteroatoms. The predicted molar refractivity (Wildman–Crippen MR) is 128 cm³/mol. The monoisotopic (exact) mass is 445 g/mol. The van der Waals surface area contributed by atoms with Crippen LogP contribution in [0.5, 0.6) is 5.75 Å². The topological polar surface area (TPSA) is 95.8 Å². The van der Waals surface area contributed by atoms with Crippen molar-refractivity contribution >= 4 is 27.9 Å². The fraction of sp³-hybridized carbons (Fsp3) is 0.333. The molecule has 0 saturated carbocycles. The normalized spacial score (nSPS) is 12.5. The number of benzene rings is 1. The van der Waals surface area contributed by atoms with Gasteiger partial charge in [0, 0.05) is 36.3 Å². The van der Waals surface area contributed by atoms with Crippen molar-refractivity contribution in [3.63, 3.8) is 0 Å². The van der Waals surface area contributed by atoms with Crippen molar-refractivity contribution in [1.82, 2.24) is 29.5 Å². The number of anilines is 1. The molecule has 0 fully saturated rings. The number of rotatable bonds is 6. The summed E-state index contributed by atoms with van der Waals surface area (Å²) >= 11 is 0. The molecule has 33 heavy (non-hydrogen) atoms. The molecule has 0 aliphatic rings. The summed E-state index contributed by atoms with van der Waals surface area (Å²) in [7, 11) is 3.60. The zero-order chi connectivity index (χ0) is 23.3. The Morgan fingerprint density at radius 1 is 1.18 bits per heavy atom. The summed E-state index contributed by atoms with van der Waals surface area (Å²) in [6, 6.07) is 4.09. The van der Waals surface area contributed by atoms with Gasteiger partial charge in [-0.1, -0.05) is 5.16 Å². The summed E-state index contributed by atoms with van der Waals surface area (Å²) in [4.78, 5) is 9.60. The van der Waals surface area contributed by atoms with Gasteiger partial charge in [-0.25, -0.2) is 4.98 Å². The second-order valence-corrected chi connectivity index (χ2v) is 8.22. The van der Waals surface area contributed by atoms with Crippen molar-refractivity contribution < 1.29 is 9.26 Å². The number of imidazole rings is 1. The van der Waals surface area contributed by atoms with E-state index in [2.05, 4.69) is 34.0 Å². The van der Waals surface area contributed by atoms with Crippen molar-refractivity contribution in [3.05, 3.63) is 47.7 Å². The molecule has 4 heterocycles. The lowest BCUT2D eigenvalue weighted by molar-refractivity contribution is 0.393. The van der Waals surface area contributed by atoms with E-state index in [1.54, 1.807) is 7.11 Å². The van der Waals surface area contributed by atoms with Crippen LogP contribution < -0.4 is 10.1 Å². The minimum Gasteiger partial charge on any atom is -0.496 e. The lowest BCUT2D eigenvalue weighted by Gasteiger charge is -2.18. The lowest BCUT2D eigenvalue weighted by Crippen LogP contribution is -2.12. The minimum absolute atomic E-state index is 0.0107. The van der Waals surface area contributed by atoms with Gasteiger partial charge in [-0.3, -0.25) is 9.67 Å². The summed E-state index contributed by atoms with van der Waals surface area (Å²) in [6.45, 7) is 8.81. The second kappa shape index (κ2) is 7.91. The molecule has 4 aromatic heterocycles. The van der Waals surface area contributed by atoms with Gasteiger partial charge in [-0.15, -0.1) is 0 Å². The second-order valence-electron chi connectivity index (χ2n) is 8.22. The molecule has 0 aliphatic carbocycles. The lowest BCUT2D eigenvalue weighted by atomic mass is 10.00. The minimum atomic E-state index is 0.0107. The molecule has 1 N–H and O–H groups in total. The van der Waals surface area contributed by atoms with Gasteiger partial charge in [-0.2, -0.15) is 5.10 Å². The average Bonchev–Trinajstić information content (AvgIpc) is 3.49.